The zero-order valence-electron chi connectivity index (χ0n) is 13.1. The summed E-state index contributed by atoms with van der Waals surface area (Å²) in [4.78, 5) is 38.0. The molecule has 0 aromatic carbocycles. The van der Waals surface area contributed by atoms with E-state index in [1.54, 1.807) is 13.8 Å². The molecule has 0 aliphatic heterocycles. The van der Waals surface area contributed by atoms with Crippen molar-refractivity contribution < 1.29 is 23.9 Å². The number of Topliss-reactive ketones (excluding diaryl/α,β-unsaturated/α-hetero) is 1. The van der Waals surface area contributed by atoms with Crippen LogP contribution in [-0.4, -0.2) is 30.9 Å². The highest BCUT2D eigenvalue weighted by Gasteiger charge is 2.73. The number of carbonyl (C=O) groups excluding carboxylic acids is 3. The average molecular weight is 306 g/mol. The van der Waals surface area contributed by atoms with E-state index in [-0.39, 0.29) is 30.8 Å². The summed E-state index contributed by atoms with van der Waals surface area (Å²) < 4.78 is 10.5. The van der Waals surface area contributed by atoms with E-state index >= 15 is 0 Å². The molecule has 4 aliphatic rings. The van der Waals surface area contributed by atoms with Crippen LogP contribution < -0.4 is 0 Å². The first-order valence-electron chi connectivity index (χ1n) is 8.05. The predicted octanol–water partition coefficient (Wildman–Crippen LogP) is 1.90. The predicted molar refractivity (Wildman–Crippen MR) is 77.7 cm³/mol. The van der Waals surface area contributed by atoms with Crippen LogP contribution in [0, 0.1) is 29.1 Å². The molecule has 0 spiro atoms. The summed E-state index contributed by atoms with van der Waals surface area (Å²) in [5, 5.41) is 0. The van der Waals surface area contributed by atoms with Gasteiger partial charge < -0.3 is 9.47 Å². The molecular weight excluding hydrogens is 284 g/mol. The zero-order valence-corrected chi connectivity index (χ0v) is 13.1. The van der Waals surface area contributed by atoms with Crippen LogP contribution in [0.1, 0.15) is 33.1 Å². The summed E-state index contributed by atoms with van der Waals surface area (Å²) in [6, 6.07) is 0. The van der Waals surface area contributed by atoms with E-state index in [0.29, 0.717) is 18.4 Å². The number of rotatable bonds is 4. The van der Waals surface area contributed by atoms with Crippen molar-refractivity contribution in [2.24, 2.45) is 29.1 Å². The van der Waals surface area contributed by atoms with Crippen LogP contribution in [0.2, 0.25) is 0 Å². The molecule has 0 aromatic rings. The number of ketones is 1. The van der Waals surface area contributed by atoms with Crippen LogP contribution in [0.25, 0.3) is 0 Å². The van der Waals surface area contributed by atoms with Crippen molar-refractivity contribution in [3.63, 3.8) is 0 Å². The van der Waals surface area contributed by atoms with Gasteiger partial charge in [-0.15, -0.1) is 0 Å². The molecule has 0 N–H and O–H groups in total. The summed E-state index contributed by atoms with van der Waals surface area (Å²) in [6.45, 7) is 8.01. The summed E-state index contributed by atoms with van der Waals surface area (Å²) in [5.74, 6) is -2.29. The maximum absolute atomic E-state index is 12.8. The number of ether oxygens (including phenoxy) is 2. The van der Waals surface area contributed by atoms with Crippen LogP contribution in [0.4, 0.5) is 0 Å². The van der Waals surface area contributed by atoms with Gasteiger partial charge in [0.05, 0.1) is 19.1 Å². The Bertz CT molecular complexity index is 551. The van der Waals surface area contributed by atoms with Crippen molar-refractivity contribution in [2.45, 2.75) is 33.1 Å². The van der Waals surface area contributed by atoms with E-state index in [1.807, 2.05) is 0 Å². The third-order valence-electron chi connectivity index (χ3n) is 5.69. The Morgan fingerprint density at radius 3 is 2.50 bits per heavy atom. The monoisotopic (exact) mass is 306 g/mol. The molecule has 0 heterocycles. The molecule has 0 unspecified atom stereocenters. The van der Waals surface area contributed by atoms with Crippen LogP contribution >= 0.6 is 0 Å². The van der Waals surface area contributed by atoms with E-state index < -0.39 is 29.2 Å². The Morgan fingerprint density at radius 2 is 1.86 bits per heavy atom. The third kappa shape index (κ3) is 1.68. The number of hydrogen-bond donors (Lipinski definition) is 0. The molecule has 0 radical (unpaired) electrons. The van der Waals surface area contributed by atoms with E-state index in [1.165, 1.54) is 0 Å². The van der Waals surface area contributed by atoms with Crippen molar-refractivity contribution in [1.29, 1.82) is 0 Å². The Labute approximate surface area is 130 Å². The molecule has 4 rings (SSSR count). The Hall–Kier alpha value is -1.65. The topological polar surface area (TPSA) is 69.7 Å². The first kappa shape index (κ1) is 15.3. The van der Waals surface area contributed by atoms with Crippen molar-refractivity contribution in [3.05, 3.63) is 12.2 Å². The van der Waals surface area contributed by atoms with Gasteiger partial charge in [0.2, 0.25) is 0 Å². The molecule has 0 saturated heterocycles. The summed E-state index contributed by atoms with van der Waals surface area (Å²) >= 11 is 0. The molecule has 4 bridgehead atoms. The van der Waals surface area contributed by atoms with Gasteiger partial charge in [0.1, 0.15) is 11.2 Å². The minimum Gasteiger partial charge on any atom is -0.466 e. The summed E-state index contributed by atoms with van der Waals surface area (Å²) in [6.07, 6.45) is 1.92. The van der Waals surface area contributed by atoms with Crippen LogP contribution in [0.5, 0.6) is 0 Å². The van der Waals surface area contributed by atoms with Gasteiger partial charge >= 0.3 is 11.9 Å². The lowest BCUT2D eigenvalue weighted by Crippen LogP contribution is -2.60. The number of carbonyl (C=O) groups is 3. The van der Waals surface area contributed by atoms with Crippen LogP contribution in [-0.2, 0) is 23.9 Å². The van der Waals surface area contributed by atoms with Gasteiger partial charge in [-0.05, 0) is 39.0 Å². The molecule has 22 heavy (non-hydrogen) atoms. The maximum atomic E-state index is 12.8. The van der Waals surface area contributed by atoms with Crippen molar-refractivity contribution in [2.75, 3.05) is 13.2 Å². The number of hydrogen-bond acceptors (Lipinski definition) is 5. The van der Waals surface area contributed by atoms with Gasteiger partial charge in [-0.1, -0.05) is 12.2 Å². The number of fused-ring (bicyclic) bond motifs is 1. The van der Waals surface area contributed by atoms with Gasteiger partial charge in [-0.2, -0.15) is 0 Å². The fraction of sp³-hybridized carbons (Fsp3) is 0.706. The number of esters is 2. The molecule has 4 aliphatic carbocycles. The smallest absolute Gasteiger partial charge is 0.317 e. The normalized spacial score (nSPS) is 39.0. The first-order valence-corrected chi connectivity index (χ1v) is 8.05. The standard InChI is InChI=1S/C17H22O5/c1-4-21-15(19)13-10-6-7-12-11(14(10)18)8-9(3)17(12,13)16(20)22-5-2/h10-13H,3-8H2,1-2H3/t10-,11-,12-,13+,17-/m0/s1. The average Bonchev–Trinajstić information content (AvgIpc) is 2.76. The molecule has 4 fully saturated rings. The van der Waals surface area contributed by atoms with E-state index in [9.17, 15) is 14.4 Å². The summed E-state index contributed by atoms with van der Waals surface area (Å²) in [7, 11) is 0. The lowest BCUT2D eigenvalue weighted by atomic mass is 9.49. The molecule has 4 saturated carbocycles. The maximum Gasteiger partial charge on any atom is 0.317 e. The van der Waals surface area contributed by atoms with Crippen molar-refractivity contribution in [3.8, 4) is 0 Å². The molecule has 5 nitrogen and oxygen atoms in total. The minimum absolute atomic E-state index is 0.105. The van der Waals surface area contributed by atoms with Gasteiger partial charge in [-0.3, -0.25) is 14.4 Å². The van der Waals surface area contributed by atoms with Gasteiger partial charge in [0.15, 0.2) is 0 Å². The fourth-order valence-corrected chi connectivity index (χ4v) is 5.01. The first-order chi connectivity index (χ1) is 10.5. The highest BCUT2D eigenvalue weighted by molar-refractivity contribution is 6.00. The van der Waals surface area contributed by atoms with E-state index in [2.05, 4.69) is 6.58 Å². The highest BCUT2D eigenvalue weighted by Crippen LogP contribution is 2.67. The minimum atomic E-state index is -1.05. The van der Waals surface area contributed by atoms with Crippen LogP contribution in [0.3, 0.4) is 0 Å². The van der Waals surface area contributed by atoms with Crippen molar-refractivity contribution in [1.82, 2.24) is 0 Å². The second-order valence-corrected chi connectivity index (χ2v) is 6.43. The Balaban J connectivity index is 2.12. The second-order valence-electron chi connectivity index (χ2n) is 6.43. The van der Waals surface area contributed by atoms with Crippen molar-refractivity contribution >= 4 is 17.7 Å². The van der Waals surface area contributed by atoms with Gasteiger partial charge in [0, 0.05) is 11.8 Å². The second kappa shape index (κ2) is 5.21. The quantitative estimate of drug-likeness (QED) is 0.586. The van der Waals surface area contributed by atoms with Crippen LogP contribution in [0.15, 0.2) is 12.2 Å². The lowest BCUT2D eigenvalue weighted by Gasteiger charge is -2.51. The molecule has 0 amide bonds. The SMILES string of the molecule is C=C1C[C@@H]2C(=O)[C@H]3CC[C@@H]2[C@]1(C(=O)OCC)[C@H]3C(=O)OCC. The highest BCUT2D eigenvalue weighted by atomic mass is 16.5. The Kier molecular flexibility index (Phi) is 3.62. The molecule has 5 atom stereocenters. The lowest BCUT2D eigenvalue weighted by molar-refractivity contribution is -0.185. The summed E-state index contributed by atoms with van der Waals surface area (Å²) in [5.41, 5.74) is -0.376. The molecule has 0 aromatic heterocycles. The fourth-order valence-electron chi connectivity index (χ4n) is 5.01. The largest absolute Gasteiger partial charge is 0.466 e. The van der Waals surface area contributed by atoms with E-state index in [4.69, 9.17) is 9.47 Å². The van der Waals surface area contributed by atoms with E-state index in [0.717, 1.165) is 6.42 Å². The van der Waals surface area contributed by atoms with Gasteiger partial charge in [0.25, 0.3) is 0 Å². The third-order valence-corrected chi connectivity index (χ3v) is 5.69. The molecule has 5 heteroatoms. The molecular formula is C17H22O5. The zero-order chi connectivity index (χ0) is 16.1. The molecule has 120 valence electrons. The Morgan fingerprint density at radius 1 is 1.18 bits per heavy atom. The van der Waals surface area contributed by atoms with Gasteiger partial charge in [-0.25, -0.2) is 0 Å².